The molecule has 0 unspecified atom stereocenters. The summed E-state index contributed by atoms with van der Waals surface area (Å²) in [6.45, 7) is -3.15. The SMILES string of the molecule is O=C(C[C@@H]1CCC[C@H]1O)[C@H](CO)c1ccc(Nc2ncc(-c3ccc(OC(F)F)cc3)cn2)cc1. The van der Waals surface area contributed by atoms with Gasteiger partial charge in [0.2, 0.25) is 5.95 Å². The van der Waals surface area contributed by atoms with Gasteiger partial charge in [-0.25, -0.2) is 9.97 Å². The summed E-state index contributed by atoms with van der Waals surface area (Å²) in [5, 5.41) is 22.9. The molecule has 1 saturated carbocycles. The minimum Gasteiger partial charge on any atom is -0.435 e. The third kappa shape index (κ3) is 6.37. The molecule has 3 atom stereocenters. The van der Waals surface area contributed by atoms with Gasteiger partial charge >= 0.3 is 6.61 Å². The first-order chi connectivity index (χ1) is 16.9. The number of halogens is 2. The van der Waals surface area contributed by atoms with Gasteiger partial charge in [-0.2, -0.15) is 8.78 Å². The van der Waals surface area contributed by atoms with Gasteiger partial charge in [-0.1, -0.05) is 30.7 Å². The van der Waals surface area contributed by atoms with E-state index in [1.165, 1.54) is 12.1 Å². The van der Waals surface area contributed by atoms with Gasteiger partial charge in [0.25, 0.3) is 0 Å². The van der Waals surface area contributed by atoms with Crippen molar-refractivity contribution in [3.8, 4) is 16.9 Å². The number of nitrogens with zero attached hydrogens (tertiary/aromatic N) is 2. The maximum absolute atomic E-state index is 12.7. The van der Waals surface area contributed by atoms with Gasteiger partial charge in [0.1, 0.15) is 11.5 Å². The van der Waals surface area contributed by atoms with Crippen LogP contribution in [0, 0.1) is 5.92 Å². The molecular formula is C26H27F2N3O4. The van der Waals surface area contributed by atoms with Crippen LogP contribution in [-0.2, 0) is 4.79 Å². The van der Waals surface area contributed by atoms with E-state index >= 15 is 0 Å². The van der Waals surface area contributed by atoms with E-state index in [4.69, 9.17) is 0 Å². The fourth-order valence-electron chi connectivity index (χ4n) is 4.35. The summed E-state index contributed by atoms with van der Waals surface area (Å²) in [7, 11) is 0. The second kappa shape index (κ2) is 11.3. The number of ether oxygens (including phenoxy) is 1. The number of aromatic nitrogens is 2. The summed E-state index contributed by atoms with van der Waals surface area (Å²) >= 11 is 0. The number of hydrogen-bond donors (Lipinski definition) is 3. The van der Waals surface area contributed by atoms with E-state index in [-0.39, 0.29) is 30.5 Å². The molecule has 0 spiro atoms. The predicted molar refractivity (Wildman–Crippen MR) is 127 cm³/mol. The quantitative estimate of drug-likeness (QED) is 0.384. The summed E-state index contributed by atoms with van der Waals surface area (Å²) in [6.07, 6.45) is 5.56. The Balaban J connectivity index is 1.36. The van der Waals surface area contributed by atoms with Crippen LogP contribution in [0.25, 0.3) is 11.1 Å². The van der Waals surface area contributed by atoms with Gasteiger partial charge in [-0.15, -0.1) is 0 Å². The lowest BCUT2D eigenvalue weighted by Gasteiger charge is -2.18. The molecule has 0 radical (unpaired) electrons. The minimum atomic E-state index is -2.87. The molecule has 0 bridgehead atoms. The molecule has 35 heavy (non-hydrogen) atoms. The van der Waals surface area contributed by atoms with Crippen LogP contribution in [0.2, 0.25) is 0 Å². The van der Waals surface area contributed by atoms with Crippen LogP contribution in [0.4, 0.5) is 20.4 Å². The van der Waals surface area contributed by atoms with Crippen LogP contribution in [0.3, 0.4) is 0 Å². The Labute approximate surface area is 201 Å². The molecule has 0 aliphatic heterocycles. The van der Waals surface area contributed by atoms with Crippen LogP contribution in [0.1, 0.15) is 37.2 Å². The fraction of sp³-hybridized carbons (Fsp3) is 0.346. The Morgan fingerprint density at radius 2 is 1.71 bits per heavy atom. The van der Waals surface area contributed by atoms with Crippen molar-refractivity contribution in [3.63, 3.8) is 0 Å². The summed E-state index contributed by atoms with van der Waals surface area (Å²) < 4.78 is 28.9. The molecular weight excluding hydrogens is 456 g/mol. The zero-order valence-corrected chi connectivity index (χ0v) is 19.0. The largest absolute Gasteiger partial charge is 0.435 e. The number of carbonyl (C=O) groups is 1. The third-order valence-electron chi connectivity index (χ3n) is 6.29. The first kappa shape index (κ1) is 24.7. The zero-order chi connectivity index (χ0) is 24.8. The van der Waals surface area contributed by atoms with E-state index in [1.54, 1.807) is 48.8 Å². The molecule has 0 saturated heterocycles. The fourth-order valence-corrected chi connectivity index (χ4v) is 4.35. The first-order valence-corrected chi connectivity index (χ1v) is 11.5. The van der Waals surface area contributed by atoms with Gasteiger partial charge in [0, 0.05) is 30.1 Å². The number of hydrogen-bond acceptors (Lipinski definition) is 7. The zero-order valence-electron chi connectivity index (χ0n) is 19.0. The van der Waals surface area contributed by atoms with Crippen LogP contribution in [0.15, 0.2) is 60.9 Å². The van der Waals surface area contributed by atoms with Gasteiger partial charge in [0.05, 0.1) is 18.6 Å². The molecule has 1 aromatic heterocycles. The Hall–Kier alpha value is -3.43. The second-order valence-electron chi connectivity index (χ2n) is 8.61. The average molecular weight is 484 g/mol. The minimum absolute atomic E-state index is 0.0264. The van der Waals surface area contributed by atoms with Gasteiger partial charge in [0.15, 0.2) is 0 Å². The Morgan fingerprint density at radius 3 is 2.29 bits per heavy atom. The topological polar surface area (TPSA) is 105 Å². The number of anilines is 2. The maximum Gasteiger partial charge on any atom is 0.387 e. The van der Waals surface area contributed by atoms with E-state index in [2.05, 4.69) is 20.0 Å². The van der Waals surface area contributed by atoms with E-state index in [0.29, 0.717) is 22.8 Å². The predicted octanol–water partition coefficient (Wildman–Crippen LogP) is 4.68. The van der Waals surface area contributed by atoms with Crippen molar-refractivity contribution >= 4 is 17.4 Å². The summed E-state index contributed by atoms with van der Waals surface area (Å²) in [4.78, 5) is 21.3. The molecule has 9 heteroatoms. The number of benzene rings is 2. The van der Waals surface area contributed by atoms with Crippen molar-refractivity contribution < 1.29 is 28.5 Å². The van der Waals surface area contributed by atoms with Gasteiger partial charge < -0.3 is 20.3 Å². The smallest absolute Gasteiger partial charge is 0.387 e. The second-order valence-corrected chi connectivity index (χ2v) is 8.61. The normalized spacial score (nSPS) is 18.4. The number of alkyl halides is 2. The molecule has 3 aromatic rings. The maximum atomic E-state index is 12.7. The molecule has 184 valence electrons. The molecule has 1 fully saturated rings. The monoisotopic (exact) mass is 483 g/mol. The lowest BCUT2D eigenvalue weighted by molar-refractivity contribution is -0.123. The van der Waals surface area contributed by atoms with Gasteiger partial charge in [-0.05, 0) is 54.2 Å². The lowest BCUT2D eigenvalue weighted by Crippen LogP contribution is -2.23. The van der Waals surface area contributed by atoms with Crippen molar-refractivity contribution in [1.82, 2.24) is 9.97 Å². The Bertz CT molecular complexity index is 1110. The van der Waals surface area contributed by atoms with Crippen molar-refractivity contribution in [2.24, 2.45) is 5.92 Å². The van der Waals surface area contributed by atoms with E-state index in [1.807, 2.05) is 0 Å². The highest BCUT2D eigenvalue weighted by Crippen LogP contribution is 2.31. The molecule has 1 heterocycles. The van der Waals surface area contributed by atoms with Crippen LogP contribution in [-0.4, -0.2) is 45.3 Å². The highest BCUT2D eigenvalue weighted by atomic mass is 19.3. The number of aliphatic hydroxyl groups excluding tert-OH is 2. The van der Waals surface area contributed by atoms with Crippen LogP contribution >= 0.6 is 0 Å². The van der Waals surface area contributed by atoms with Crippen LogP contribution < -0.4 is 10.1 Å². The summed E-state index contributed by atoms with van der Waals surface area (Å²) in [5.41, 5.74) is 2.90. The van der Waals surface area contributed by atoms with Crippen molar-refractivity contribution in [3.05, 3.63) is 66.5 Å². The van der Waals surface area contributed by atoms with Crippen molar-refractivity contribution in [1.29, 1.82) is 0 Å². The Kier molecular flexibility index (Phi) is 7.99. The lowest BCUT2D eigenvalue weighted by atomic mass is 9.88. The summed E-state index contributed by atoms with van der Waals surface area (Å²) in [5.74, 6) is -0.268. The molecule has 2 aromatic carbocycles. The van der Waals surface area contributed by atoms with Crippen molar-refractivity contribution in [2.75, 3.05) is 11.9 Å². The molecule has 0 amide bonds. The third-order valence-corrected chi connectivity index (χ3v) is 6.29. The number of Topliss-reactive ketones (excluding diaryl/α,β-unsaturated/α-hetero) is 1. The number of aliphatic hydroxyl groups is 2. The molecule has 4 rings (SSSR count). The molecule has 1 aliphatic rings. The van der Waals surface area contributed by atoms with E-state index in [0.717, 1.165) is 24.8 Å². The summed E-state index contributed by atoms with van der Waals surface area (Å²) in [6, 6.07) is 13.3. The average Bonchev–Trinajstić information content (AvgIpc) is 3.25. The van der Waals surface area contributed by atoms with Crippen LogP contribution in [0.5, 0.6) is 5.75 Å². The Morgan fingerprint density at radius 1 is 1.03 bits per heavy atom. The molecule has 1 aliphatic carbocycles. The van der Waals surface area contributed by atoms with Gasteiger partial charge in [-0.3, -0.25) is 4.79 Å². The molecule has 7 nitrogen and oxygen atoms in total. The number of nitrogens with one attached hydrogen (secondary N) is 1. The van der Waals surface area contributed by atoms with E-state index in [9.17, 15) is 23.8 Å². The molecule has 3 N–H and O–H groups in total. The highest BCUT2D eigenvalue weighted by molar-refractivity contribution is 5.86. The number of rotatable bonds is 10. The highest BCUT2D eigenvalue weighted by Gasteiger charge is 2.30. The van der Waals surface area contributed by atoms with E-state index < -0.39 is 18.6 Å². The number of carbonyl (C=O) groups excluding carboxylic acids is 1. The standard InChI is InChI=1S/C26H27F2N3O4/c27-25(28)35-21-10-6-16(7-11-21)19-13-29-26(30-14-19)31-20-8-4-17(5-9-20)22(15-32)24(34)12-18-2-1-3-23(18)33/h4-11,13-14,18,22-23,25,32-33H,1-3,12,15H2,(H,29,30,31)/t18-,22+,23+/m0/s1. The first-order valence-electron chi connectivity index (χ1n) is 11.5. The van der Waals surface area contributed by atoms with Crippen molar-refractivity contribution in [2.45, 2.75) is 44.3 Å². The number of ketones is 1.